The number of pyridine rings is 1. The topological polar surface area (TPSA) is 98.8 Å². The van der Waals surface area contributed by atoms with E-state index in [1.54, 1.807) is 52.0 Å². The third-order valence-corrected chi connectivity index (χ3v) is 3.53. The van der Waals surface area contributed by atoms with Crippen LogP contribution < -0.4 is 20.1 Å². The Morgan fingerprint density at radius 1 is 1.03 bits per heavy atom. The highest BCUT2D eigenvalue weighted by atomic mass is 16.6. The van der Waals surface area contributed by atoms with E-state index in [0.29, 0.717) is 23.1 Å². The first-order valence-corrected chi connectivity index (χ1v) is 9.73. The average molecular weight is 415 g/mol. The van der Waals surface area contributed by atoms with Crippen molar-refractivity contribution in [2.75, 3.05) is 5.32 Å². The normalized spacial score (nSPS) is 12.1. The van der Waals surface area contributed by atoms with E-state index >= 15 is 0 Å². The Kier molecular flexibility index (Phi) is 7.63. The first-order chi connectivity index (χ1) is 14.0. The van der Waals surface area contributed by atoms with Gasteiger partial charge in [0.1, 0.15) is 23.1 Å². The molecule has 30 heavy (non-hydrogen) atoms. The zero-order valence-corrected chi connectivity index (χ0v) is 18.2. The first-order valence-electron chi connectivity index (χ1n) is 9.73. The van der Waals surface area contributed by atoms with Gasteiger partial charge in [0.25, 0.3) is 0 Å². The molecule has 1 aromatic carbocycles. The fourth-order valence-corrected chi connectivity index (χ4v) is 2.32. The molecule has 0 aliphatic heterocycles. The van der Waals surface area contributed by atoms with Crippen LogP contribution in [0, 0.1) is 0 Å². The second-order valence-corrected chi connectivity index (χ2v) is 7.99. The van der Waals surface area contributed by atoms with Crippen LogP contribution in [0.5, 0.6) is 17.4 Å². The van der Waals surface area contributed by atoms with E-state index in [2.05, 4.69) is 15.6 Å². The maximum atomic E-state index is 12.3. The fourth-order valence-electron chi connectivity index (χ4n) is 2.32. The van der Waals surface area contributed by atoms with Gasteiger partial charge >= 0.3 is 6.09 Å². The van der Waals surface area contributed by atoms with Gasteiger partial charge in [-0.15, -0.1) is 0 Å². The molecule has 0 unspecified atom stereocenters. The Balaban J connectivity index is 1.91. The summed E-state index contributed by atoms with van der Waals surface area (Å²) in [6.07, 6.45) is 0.881. The Hall–Kier alpha value is -3.29. The average Bonchev–Trinajstić information content (AvgIpc) is 2.61. The Bertz CT molecular complexity index is 860. The number of aromatic nitrogens is 1. The van der Waals surface area contributed by atoms with Crippen molar-refractivity contribution in [3.05, 3.63) is 42.6 Å². The van der Waals surface area contributed by atoms with Crippen LogP contribution in [0.4, 0.5) is 10.5 Å². The van der Waals surface area contributed by atoms with Crippen LogP contribution in [-0.4, -0.2) is 34.7 Å². The number of benzene rings is 1. The molecule has 0 radical (unpaired) electrons. The predicted octanol–water partition coefficient (Wildman–Crippen LogP) is 4.51. The molecule has 2 aromatic rings. The molecular weight excluding hydrogens is 386 g/mol. The lowest BCUT2D eigenvalue weighted by Crippen LogP contribution is -2.43. The van der Waals surface area contributed by atoms with Gasteiger partial charge in [0.05, 0.1) is 18.0 Å². The zero-order chi connectivity index (χ0) is 22.3. The quantitative estimate of drug-likeness (QED) is 0.690. The number of carbonyl (C=O) groups excluding carboxylic acids is 2. The zero-order valence-electron chi connectivity index (χ0n) is 18.2. The maximum absolute atomic E-state index is 12.3. The molecule has 1 aromatic heterocycles. The van der Waals surface area contributed by atoms with Crippen LogP contribution in [0.25, 0.3) is 0 Å². The maximum Gasteiger partial charge on any atom is 0.408 e. The number of amides is 2. The third-order valence-electron chi connectivity index (χ3n) is 3.53. The van der Waals surface area contributed by atoms with E-state index in [-0.39, 0.29) is 6.10 Å². The minimum absolute atomic E-state index is 0.0634. The van der Waals surface area contributed by atoms with Crippen LogP contribution in [0.3, 0.4) is 0 Å². The van der Waals surface area contributed by atoms with Crippen molar-refractivity contribution in [1.29, 1.82) is 0 Å². The summed E-state index contributed by atoms with van der Waals surface area (Å²) in [6, 6.07) is 9.79. The highest BCUT2D eigenvalue weighted by Gasteiger charge is 2.21. The lowest BCUT2D eigenvalue weighted by atomic mass is 10.2. The number of ether oxygens (including phenoxy) is 3. The van der Waals surface area contributed by atoms with Gasteiger partial charge in [-0.2, -0.15) is 0 Å². The molecule has 0 spiro atoms. The highest BCUT2D eigenvalue weighted by molar-refractivity contribution is 5.96. The Morgan fingerprint density at radius 3 is 2.33 bits per heavy atom. The van der Waals surface area contributed by atoms with Crippen LogP contribution in [0.2, 0.25) is 0 Å². The van der Waals surface area contributed by atoms with E-state index in [1.807, 2.05) is 26.0 Å². The number of carbonyl (C=O) groups is 2. The van der Waals surface area contributed by atoms with E-state index < -0.39 is 23.6 Å². The minimum Gasteiger partial charge on any atom is -0.491 e. The summed E-state index contributed by atoms with van der Waals surface area (Å²) in [7, 11) is 0. The van der Waals surface area contributed by atoms with Gasteiger partial charge < -0.3 is 24.8 Å². The van der Waals surface area contributed by atoms with Gasteiger partial charge in [0.15, 0.2) is 0 Å². The highest BCUT2D eigenvalue weighted by Crippen LogP contribution is 2.25. The summed E-state index contributed by atoms with van der Waals surface area (Å²) < 4.78 is 16.5. The minimum atomic E-state index is -0.778. The van der Waals surface area contributed by atoms with Crippen LogP contribution in [0.15, 0.2) is 42.6 Å². The third kappa shape index (κ3) is 7.98. The lowest BCUT2D eigenvalue weighted by Gasteiger charge is -2.21. The molecule has 0 saturated heterocycles. The fraction of sp³-hybridized carbons (Fsp3) is 0.409. The van der Waals surface area contributed by atoms with E-state index in [1.165, 1.54) is 6.20 Å². The van der Waals surface area contributed by atoms with Gasteiger partial charge in [0.2, 0.25) is 11.8 Å². The van der Waals surface area contributed by atoms with E-state index in [4.69, 9.17) is 14.2 Å². The smallest absolute Gasteiger partial charge is 0.408 e. The molecule has 0 aliphatic carbocycles. The standard InChI is InChI=1S/C22H29N3O5/c1-14(2)28-17-8-7-9-18(12-17)29-19-11-10-16(13-23-19)25-20(26)15(3)24-21(27)30-22(4,5)6/h7-15H,1-6H3,(H,24,27)(H,25,26)/t15-/m1/s1. The number of rotatable bonds is 7. The number of nitrogens with zero attached hydrogens (tertiary/aromatic N) is 1. The second-order valence-electron chi connectivity index (χ2n) is 7.99. The van der Waals surface area contributed by atoms with Gasteiger partial charge in [-0.1, -0.05) is 6.07 Å². The molecule has 2 N–H and O–H groups in total. The largest absolute Gasteiger partial charge is 0.491 e. The van der Waals surface area contributed by atoms with Gasteiger partial charge in [-0.25, -0.2) is 9.78 Å². The molecule has 2 rings (SSSR count). The SMILES string of the molecule is CC(C)Oc1cccc(Oc2ccc(NC(=O)[C@@H](C)NC(=O)OC(C)(C)C)cn2)c1. The van der Waals surface area contributed by atoms with Gasteiger partial charge in [0, 0.05) is 12.1 Å². The molecule has 8 nitrogen and oxygen atoms in total. The number of hydrogen-bond donors (Lipinski definition) is 2. The molecule has 2 amide bonds. The molecular formula is C22H29N3O5. The van der Waals surface area contributed by atoms with Crippen molar-refractivity contribution in [2.24, 2.45) is 0 Å². The summed E-state index contributed by atoms with van der Waals surface area (Å²) in [5.41, 5.74) is -0.164. The monoisotopic (exact) mass is 415 g/mol. The second kappa shape index (κ2) is 9.96. The number of anilines is 1. The number of alkyl carbamates (subject to hydrolysis) is 1. The van der Waals surface area contributed by atoms with Gasteiger partial charge in [-0.05, 0) is 59.7 Å². The summed E-state index contributed by atoms with van der Waals surface area (Å²) >= 11 is 0. The molecule has 1 heterocycles. The summed E-state index contributed by atoms with van der Waals surface area (Å²) in [5.74, 6) is 1.27. The Morgan fingerprint density at radius 2 is 1.73 bits per heavy atom. The van der Waals surface area contributed by atoms with Crippen molar-refractivity contribution in [1.82, 2.24) is 10.3 Å². The first kappa shape index (κ1) is 23.0. The van der Waals surface area contributed by atoms with Crippen LogP contribution in [0.1, 0.15) is 41.5 Å². The van der Waals surface area contributed by atoms with Crippen molar-refractivity contribution in [2.45, 2.75) is 59.3 Å². The van der Waals surface area contributed by atoms with Crippen LogP contribution >= 0.6 is 0 Å². The van der Waals surface area contributed by atoms with Crippen LogP contribution in [-0.2, 0) is 9.53 Å². The Labute approximate surface area is 176 Å². The predicted molar refractivity (Wildman–Crippen MR) is 114 cm³/mol. The number of nitrogens with one attached hydrogen (secondary N) is 2. The molecule has 0 fully saturated rings. The van der Waals surface area contributed by atoms with Crippen molar-refractivity contribution < 1.29 is 23.8 Å². The molecule has 1 atom stereocenters. The summed E-state index contributed by atoms with van der Waals surface area (Å²) in [6.45, 7) is 10.7. The summed E-state index contributed by atoms with van der Waals surface area (Å²) in [4.78, 5) is 28.2. The molecule has 0 aliphatic rings. The molecule has 0 bridgehead atoms. The van der Waals surface area contributed by atoms with E-state index in [0.717, 1.165) is 0 Å². The van der Waals surface area contributed by atoms with Gasteiger partial charge in [-0.3, -0.25) is 4.79 Å². The lowest BCUT2D eigenvalue weighted by molar-refractivity contribution is -0.117. The molecule has 162 valence electrons. The molecule has 8 heteroatoms. The van der Waals surface area contributed by atoms with Crippen molar-refractivity contribution in [3.63, 3.8) is 0 Å². The van der Waals surface area contributed by atoms with E-state index in [9.17, 15) is 9.59 Å². The summed E-state index contributed by atoms with van der Waals surface area (Å²) in [5, 5.41) is 5.17. The van der Waals surface area contributed by atoms with Crippen molar-refractivity contribution in [3.8, 4) is 17.4 Å². The number of hydrogen-bond acceptors (Lipinski definition) is 6. The van der Waals surface area contributed by atoms with Crippen molar-refractivity contribution >= 4 is 17.7 Å². The molecule has 0 saturated carbocycles.